The van der Waals surface area contributed by atoms with Gasteiger partial charge >= 0.3 is 18.4 Å². The van der Waals surface area contributed by atoms with E-state index in [2.05, 4.69) is 20.4 Å². The molecule has 1 aromatic carbocycles. The van der Waals surface area contributed by atoms with Crippen LogP contribution < -0.4 is 15.4 Å². The van der Waals surface area contributed by atoms with Gasteiger partial charge in [-0.25, -0.2) is 14.2 Å². The average molecular weight is 508 g/mol. The topological polar surface area (TPSA) is 83.6 Å². The van der Waals surface area contributed by atoms with Gasteiger partial charge in [-0.05, 0) is 36.8 Å². The van der Waals surface area contributed by atoms with Crippen LogP contribution in [0.15, 0.2) is 36.4 Å². The summed E-state index contributed by atoms with van der Waals surface area (Å²) in [6.07, 6.45) is -9.71. The van der Waals surface area contributed by atoms with E-state index in [1.165, 1.54) is 19.1 Å². The summed E-state index contributed by atoms with van der Waals surface area (Å²) in [4.78, 5) is 29.3. The summed E-state index contributed by atoms with van der Waals surface area (Å²) < 4.78 is 95.2. The lowest BCUT2D eigenvalue weighted by Gasteiger charge is -2.34. The first kappa shape index (κ1) is 26.0. The molecule has 0 bridgehead atoms. The Labute approximate surface area is 194 Å². The van der Waals surface area contributed by atoms with Crippen molar-refractivity contribution in [3.63, 3.8) is 0 Å². The number of aromatic nitrogens is 1. The van der Waals surface area contributed by atoms with Gasteiger partial charge in [0.05, 0.1) is 11.7 Å². The number of halogens is 7. The lowest BCUT2D eigenvalue weighted by molar-refractivity contribution is -0.153. The van der Waals surface area contributed by atoms with Gasteiger partial charge in [-0.2, -0.15) is 26.3 Å². The van der Waals surface area contributed by atoms with Gasteiger partial charge in [-0.15, -0.1) is 0 Å². The van der Waals surface area contributed by atoms with Crippen LogP contribution in [-0.2, 0) is 11.0 Å². The van der Waals surface area contributed by atoms with Crippen LogP contribution in [0, 0.1) is 5.82 Å². The molecule has 190 valence electrons. The van der Waals surface area contributed by atoms with E-state index in [4.69, 9.17) is 0 Å². The van der Waals surface area contributed by atoms with Crippen LogP contribution in [0.2, 0.25) is 0 Å². The number of nitrogens with zero attached hydrogens (tertiary/aromatic N) is 2. The first-order valence-corrected chi connectivity index (χ1v) is 10.1. The smallest absolute Gasteiger partial charge is 0.436 e. The van der Waals surface area contributed by atoms with Crippen molar-refractivity contribution >= 4 is 11.9 Å². The standard InChI is InChI=1S/C21H19F7N4O3/c1-11-18(33)29-8-9-32(11)19(34)31-16(15-7-6-14(22)17(30-15)21(26,27)28)12-2-4-13(5-3-12)35-10-20(23,24)25/h2-7,11,16H,8-10H2,1H3,(H,29,33)(H,31,34)/t11-,16+/m1/s1. The van der Waals surface area contributed by atoms with E-state index in [0.29, 0.717) is 6.07 Å². The van der Waals surface area contributed by atoms with E-state index < -0.39 is 54.5 Å². The van der Waals surface area contributed by atoms with E-state index in [1.807, 2.05) is 0 Å². The number of pyridine rings is 1. The minimum absolute atomic E-state index is 0.111. The van der Waals surface area contributed by atoms with Crippen LogP contribution in [0.1, 0.15) is 29.9 Å². The Morgan fingerprint density at radius 1 is 1.17 bits per heavy atom. The molecule has 1 fully saturated rings. The maximum atomic E-state index is 13.8. The molecule has 3 amide bonds. The summed E-state index contributed by atoms with van der Waals surface area (Å²) >= 11 is 0. The fourth-order valence-electron chi connectivity index (χ4n) is 3.33. The molecule has 1 aliphatic heterocycles. The second kappa shape index (κ2) is 9.96. The Balaban J connectivity index is 1.95. The van der Waals surface area contributed by atoms with E-state index in [0.717, 1.165) is 23.1 Å². The van der Waals surface area contributed by atoms with Crippen molar-refractivity contribution in [1.29, 1.82) is 0 Å². The maximum Gasteiger partial charge on any atom is 0.436 e. The van der Waals surface area contributed by atoms with Crippen LogP contribution in [0.3, 0.4) is 0 Å². The number of hydrogen-bond donors (Lipinski definition) is 2. The summed E-state index contributed by atoms with van der Waals surface area (Å²) in [5, 5.41) is 5.04. The molecular weight excluding hydrogens is 489 g/mol. The number of benzene rings is 1. The number of hydrogen-bond acceptors (Lipinski definition) is 4. The molecule has 2 heterocycles. The van der Waals surface area contributed by atoms with Gasteiger partial charge in [0, 0.05) is 13.1 Å². The fourth-order valence-corrected chi connectivity index (χ4v) is 3.33. The Kier molecular flexibility index (Phi) is 7.41. The number of amides is 3. The second-order valence-corrected chi connectivity index (χ2v) is 7.58. The lowest BCUT2D eigenvalue weighted by Crippen LogP contribution is -2.58. The molecule has 2 atom stereocenters. The zero-order chi connectivity index (χ0) is 26.0. The number of ether oxygens (including phenoxy) is 1. The van der Waals surface area contributed by atoms with Crippen LogP contribution in [-0.4, -0.2) is 53.7 Å². The predicted octanol–water partition coefficient (Wildman–Crippen LogP) is 3.80. The van der Waals surface area contributed by atoms with E-state index in [1.54, 1.807) is 0 Å². The fraction of sp³-hybridized carbons (Fsp3) is 0.381. The summed E-state index contributed by atoms with van der Waals surface area (Å²) in [5.41, 5.74) is -2.06. The van der Waals surface area contributed by atoms with Crippen molar-refractivity contribution in [3.05, 3.63) is 59.2 Å². The summed E-state index contributed by atoms with van der Waals surface area (Å²) in [7, 11) is 0. The Morgan fingerprint density at radius 3 is 2.43 bits per heavy atom. The molecule has 1 aliphatic rings. The Morgan fingerprint density at radius 2 is 1.83 bits per heavy atom. The molecule has 0 unspecified atom stereocenters. The molecule has 7 nitrogen and oxygen atoms in total. The van der Waals surface area contributed by atoms with Crippen molar-refractivity contribution < 1.29 is 45.1 Å². The van der Waals surface area contributed by atoms with Crippen molar-refractivity contribution in [2.45, 2.75) is 31.4 Å². The molecule has 2 aromatic rings. The molecule has 35 heavy (non-hydrogen) atoms. The zero-order valence-electron chi connectivity index (χ0n) is 18.0. The Bertz CT molecular complexity index is 1070. The third kappa shape index (κ3) is 6.51. The van der Waals surface area contributed by atoms with Gasteiger partial charge in [0.15, 0.2) is 18.1 Å². The number of carbonyl (C=O) groups is 2. The number of nitrogens with one attached hydrogen (secondary N) is 2. The number of rotatable bonds is 5. The van der Waals surface area contributed by atoms with Crippen LogP contribution in [0.5, 0.6) is 5.75 Å². The van der Waals surface area contributed by atoms with Crippen LogP contribution in [0.4, 0.5) is 35.5 Å². The summed E-state index contributed by atoms with van der Waals surface area (Å²) in [6.45, 7) is 0.156. The highest BCUT2D eigenvalue weighted by atomic mass is 19.4. The average Bonchev–Trinajstić information content (AvgIpc) is 2.77. The molecule has 0 aliphatic carbocycles. The number of alkyl halides is 6. The minimum atomic E-state index is -5.12. The maximum absolute atomic E-state index is 13.8. The summed E-state index contributed by atoms with van der Waals surface area (Å²) in [6, 6.07) is 3.14. The van der Waals surface area contributed by atoms with E-state index >= 15 is 0 Å². The number of piperazine rings is 1. The van der Waals surface area contributed by atoms with Crippen molar-refractivity contribution in [2.24, 2.45) is 0 Å². The predicted molar refractivity (Wildman–Crippen MR) is 107 cm³/mol. The third-order valence-corrected chi connectivity index (χ3v) is 5.08. The zero-order valence-corrected chi connectivity index (χ0v) is 18.0. The third-order valence-electron chi connectivity index (χ3n) is 5.08. The number of urea groups is 1. The van der Waals surface area contributed by atoms with E-state index in [9.17, 15) is 40.3 Å². The van der Waals surface area contributed by atoms with Crippen molar-refractivity contribution in [3.8, 4) is 5.75 Å². The molecule has 1 aromatic heterocycles. The van der Waals surface area contributed by atoms with Gasteiger partial charge in [0.1, 0.15) is 11.8 Å². The Hall–Kier alpha value is -3.58. The van der Waals surface area contributed by atoms with Crippen LogP contribution in [0.25, 0.3) is 0 Å². The molecule has 2 N–H and O–H groups in total. The van der Waals surface area contributed by atoms with Crippen LogP contribution >= 0.6 is 0 Å². The van der Waals surface area contributed by atoms with Gasteiger partial charge in [0.2, 0.25) is 5.91 Å². The number of carbonyl (C=O) groups excluding carboxylic acids is 2. The molecule has 0 spiro atoms. The molecular formula is C21H19F7N4O3. The van der Waals surface area contributed by atoms with Crippen molar-refractivity contribution in [1.82, 2.24) is 20.5 Å². The highest BCUT2D eigenvalue weighted by molar-refractivity contribution is 5.88. The molecule has 1 saturated heterocycles. The lowest BCUT2D eigenvalue weighted by atomic mass is 10.0. The molecule has 0 radical (unpaired) electrons. The molecule has 0 saturated carbocycles. The first-order chi connectivity index (χ1) is 16.3. The quantitative estimate of drug-likeness (QED) is 0.602. The largest absolute Gasteiger partial charge is 0.484 e. The van der Waals surface area contributed by atoms with Crippen molar-refractivity contribution in [2.75, 3.05) is 19.7 Å². The highest BCUT2D eigenvalue weighted by Crippen LogP contribution is 2.32. The first-order valence-electron chi connectivity index (χ1n) is 10.1. The van der Waals surface area contributed by atoms with E-state index in [-0.39, 0.29) is 30.1 Å². The van der Waals surface area contributed by atoms with Gasteiger partial charge < -0.3 is 20.3 Å². The van der Waals surface area contributed by atoms with Gasteiger partial charge in [-0.3, -0.25) is 4.79 Å². The summed E-state index contributed by atoms with van der Waals surface area (Å²) in [5.74, 6) is -2.24. The molecule has 3 rings (SSSR count). The second-order valence-electron chi connectivity index (χ2n) is 7.58. The normalized spacial score (nSPS) is 17.5. The minimum Gasteiger partial charge on any atom is -0.484 e. The van der Waals surface area contributed by atoms with Gasteiger partial charge in [-0.1, -0.05) is 12.1 Å². The van der Waals surface area contributed by atoms with Gasteiger partial charge in [0.25, 0.3) is 0 Å². The molecule has 14 heteroatoms. The monoisotopic (exact) mass is 508 g/mol. The highest BCUT2D eigenvalue weighted by Gasteiger charge is 2.38. The SMILES string of the molecule is C[C@@H]1C(=O)NCCN1C(=O)N[C@@H](c1ccc(OCC(F)(F)F)cc1)c1ccc(F)c(C(F)(F)F)n1.